The number of para-hydroxylation sites is 1. The highest BCUT2D eigenvalue weighted by Gasteiger charge is 2.30. The molecule has 3 aromatic rings. The van der Waals surface area contributed by atoms with E-state index in [1.807, 2.05) is 18.2 Å². The van der Waals surface area contributed by atoms with E-state index in [1.54, 1.807) is 6.07 Å². The van der Waals surface area contributed by atoms with Gasteiger partial charge in [-0.1, -0.05) is 35.1 Å². The van der Waals surface area contributed by atoms with Crippen LogP contribution < -0.4 is 15.8 Å². The van der Waals surface area contributed by atoms with Crippen molar-refractivity contribution in [3.8, 4) is 16.9 Å². The lowest BCUT2D eigenvalue weighted by atomic mass is 10.0. The molecule has 3 N–H and O–H groups in total. The molecule has 3 heterocycles. The average Bonchev–Trinajstić information content (AvgIpc) is 2.93. The normalized spacial score (nSPS) is 20.0. The van der Waals surface area contributed by atoms with E-state index in [0.717, 1.165) is 29.9 Å². The first-order chi connectivity index (χ1) is 13.1. The van der Waals surface area contributed by atoms with Crippen LogP contribution in [0.5, 0.6) is 5.75 Å². The number of thiazole rings is 1. The number of nitrogens with one attached hydrogen (secondary N) is 1. The zero-order valence-corrected chi connectivity index (χ0v) is 16.0. The van der Waals surface area contributed by atoms with Gasteiger partial charge < -0.3 is 15.8 Å². The number of anilines is 1. The number of benzene rings is 2. The Morgan fingerprint density at radius 1 is 1.41 bits per heavy atom. The van der Waals surface area contributed by atoms with E-state index in [9.17, 15) is 0 Å². The fourth-order valence-electron chi connectivity index (χ4n) is 3.91. The molecule has 1 aromatic heterocycles. The van der Waals surface area contributed by atoms with Crippen LogP contribution in [0.3, 0.4) is 0 Å². The highest BCUT2D eigenvalue weighted by Crippen LogP contribution is 2.44. The molecule has 27 heavy (non-hydrogen) atoms. The van der Waals surface area contributed by atoms with Crippen molar-refractivity contribution < 1.29 is 9.13 Å². The summed E-state index contributed by atoms with van der Waals surface area (Å²) in [6, 6.07) is 7.42. The van der Waals surface area contributed by atoms with Gasteiger partial charge >= 0.3 is 0 Å². The minimum atomic E-state index is -0.366. The zero-order chi connectivity index (χ0) is 18.5. The lowest BCUT2D eigenvalue weighted by molar-refractivity contribution is 0.120. The van der Waals surface area contributed by atoms with Crippen LogP contribution in [0, 0.1) is 5.82 Å². The third-order valence-electron chi connectivity index (χ3n) is 5.22. The summed E-state index contributed by atoms with van der Waals surface area (Å²) in [6.45, 7) is 3.85. The van der Waals surface area contributed by atoms with Gasteiger partial charge in [0.1, 0.15) is 18.2 Å². The van der Waals surface area contributed by atoms with Crippen LogP contribution in [0.15, 0.2) is 24.3 Å². The second-order valence-electron chi connectivity index (χ2n) is 6.88. The molecule has 0 spiro atoms. The minimum absolute atomic E-state index is 0.260. The molecule has 1 saturated heterocycles. The van der Waals surface area contributed by atoms with Gasteiger partial charge in [-0.05, 0) is 12.1 Å². The topological polar surface area (TPSA) is 63.4 Å². The van der Waals surface area contributed by atoms with E-state index < -0.39 is 0 Å². The first-order valence-corrected chi connectivity index (χ1v) is 10.0. The van der Waals surface area contributed by atoms with Gasteiger partial charge in [0.2, 0.25) is 0 Å². The maximum atomic E-state index is 15.2. The number of piperazine rings is 1. The Hall–Kier alpha value is -1.93. The molecular formula is C19H18ClFN4OS. The van der Waals surface area contributed by atoms with Crippen LogP contribution in [-0.4, -0.2) is 42.2 Å². The summed E-state index contributed by atoms with van der Waals surface area (Å²) < 4.78 is 22.2. The largest absolute Gasteiger partial charge is 0.490 e. The first kappa shape index (κ1) is 17.2. The predicted molar refractivity (Wildman–Crippen MR) is 107 cm³/mol. The number of halogens is 2. The van der Waals surface area contributed by atoms with Crippen LogP contribution in [0.1, 0.15) is 5.56 Å². The number of nitrogen functional groups attached to an aromatic ring is 1. The molecule has 5 nitrogen and oxygen atoms in total. The number of nitrogens with zero attached hydrogens (tertiary/aromatic N) is 2. The SMILES string of the molecule is Nc1nc2c(-c3c(F)cc4c(c3Cl)OCC3CNCCN3C4)cccc2s1. The number of fused-ring (bicyclic) bond motifs is 3. The maximum Gasteiger partial charge on any atom is 0.181 e. The molecular weight excluding hydrogens is 387 g/mol. The van der Waals surface area contributed by atoms with Crippen molar-refractivity contribution in [1.29, 1.82) is 0 Å². The van der Waals surface area contributed by atoms with Crippen molar-refractivity contribution in [1.82, 2.24) is 15.2 Å². The Morgan fingerprint density at radius 3 is 3.19 bits per heavy atom. The van der Waals surface area contributed by atoms with E-state index in [-0.39, 0.29) is 11.9 Å². The van der Waals surface area contributed by atoms with Crippen molar-refractivity contribution in [2.75, 3.05) is 32.0 Å². The molecule has 1 atom stereocenters. The van der Waals surface area contributed by atoms with Crippen molar-refractivity contribution in [3.63, 3.8) is 0 Å². The second-order valence-corrected chi connectivity index (χ2v) is 8.32. The van der Waals surface area contributed by atoms with E-state index in [0.29, 0.717) is 45.7 Å². The summed E-state index contributed by atoms with van der Waals surface area (Å²) in [7, 11) is 0. The lowest BCUT2D eigenvalue weighted by Gasteiger charge is -2.33. The van der Waals surface area contributed by atoms with Crippen LogP contribution in [0.2, 0.25) is 5.02 Å². The number of nitrogens with two attached hydrogens (primary N) is 1. The van der Waals surface area contributed by atoms with E-state index in [1.165, 1.54) is 11.3 Å². The zero-order valence-electron chi connectivity index (χ0n) is 14.5. The van der Waals surface area contributed by atoms with Gasteiger partial charge in [0, 0.05) is 42.9 Å². The number of rotatable bonds is 1. The summed E-state index contributed by atoms with van der Waals surface area (Å²) in [6.07, 6.45) is 0. The van der Waals surface area contributed by atoms with Crippen molar-refractivity contribution >= 4 is 38.3 Å². The Bertz CT molecular complexity index is 1040. The molecule has 140 valence electrons. The Kier molecular flexibility index (Phi) is 4.20. The van der Waals surface area contributed by atoms with E-state index in [4.69, 9.17) is 22.1 Å². The third-order valence-corrected chi connectivity index (χ3v) is 6.43. The average molecular weight is 405 g/mol. The molecule has 2 aliphatic rings. The van der Waals surface area contributed by atoms with Crippen molar-refractivity contribution in [2.45, 2.75) is 12.6 Å². The predicted octanol–water partition coefficient (Wildman–Crippen LogP) is 3.50. The molecule has 2 aliphatic heterocycles. The summed E-state index contributed by atoms with van der Waals surface area (Å²) >= 11 is 8.06. The monoisotopic (exact) mass is 404 g/mol. The summed E-state index contributed by atoms with van der Waals surface area (Å²) in [5, 5.41) is 4.13. The highest BCUT2D eigenvalue weighted by molar-refractivity contribution is 7.22. The summed E-state index contributed by atoms with van der Waals surface area (Å²) in [4.78, 5) is 6.69. The second kappa shape index (κ2) is 6.60. The molecule has 1 fully saturated rings. The van der Waals surface area contributed by atoms with Crippen LogP contribution in [-0.2, 0) is 6.54 Å². The van der Waals surface area contributed by atoms with Gasteiger partial charge in [-0.3, -0.25) is 4.90 Å². The van der Waals surface area contributed by atoms with Crippen LogP contribution >= 0.6 is 22.9 Å². The Balaban J connectivity index is 1.66. The molecule has 0 bridgehead atoms. The van der Waals surface area contributed by atoms with E-state index in [2.05, 4.69) is 15.2 Å². The van der Waals surface area contributed by atoms with Crippen molar-refractivity contribution in [3.05, 3.63) is 40.7 Å². The number of aromatic nitrogens is 1. The number of ether oxygens (including phenoxy) is 1. The number of hydrogen-bond acceptors (Lipinski definition) is 6. The molecule has 2 aromatic carbocycles. The smallest absolute Gasteiger partial charge is 0.181 e. The summed E-state index contributed by atoms with van der Waals surface area (Å²) in [5.74, 6) is 0.206. The van der Waals surface area contributed by atoms with Gasteiger partial charge in [0.05, 0.1) is 21.3 Å². The summed E-state index contributed by atoms with van der Waals surface area (Å²) in [5.41, 5.74) is 8.27. The maximum absolute atomic E-state index is 15.2. The van der Waals surface area contributed by atoms with Gasteiger partial charge in [-0.15, -0.1) is 0 Å². The Morgan fingerprint density at radius 2 is 2.30 bits per heavy atom. The highest BCUT2D eigenvalue weighted by atomic mass is 35.5. The molecule has 0 saturated carbocycles. The van der Waals surface area contributed by atoms with Crippen molar-refractivity contribution in [2.24, 2.45) is 0 Å². The molecule has 8 heteroatoms. The van der Waals surface area contributed by atoms with Crippen LogP contribution in [0.4, 0.5) is 9.52 Å². The fraction of sp³-hybridized carbons (Fsp3) is 0.316. The molecule has 0 radical (unpaired) electrons. The minimum Gasteiger partial charge on any atom is -0.490 e. The number of hydrogen-bond donors (Lipinski definition) is 2. The third kappa shape index (κ3) is 2.86. The fourth-order valence-corrected chi connectivity index (χ4v) is 5.04. The standard InChI is InChI=1S/C19H18ClFN4OS/c20-16-15(12-2-1-3-14-17(12)24-19(22)27-14)13(21)6-10-8-25-5-4-23-7-11(25)9-26-18(10)16/h1-3,6,11,23H,4-5,7-9H2,(H2,22,24). The quantitative estimate of drug-likeness (QED) is 0.650. The molecule has 0 amide bonds. The van der Waals surface area contributed by atoms with Gasteiger partial charge in [-0.25, -0.2) is 9.37 Å². The van der Waals surface area contributed by atoms with Gasteiger partial charge in [0.25, 0.3) is 0 Å². The van der Waals surface area contributed by atoms with Gasteiger partial charge in [-0.2, -0.15) is 0 Å². The van der Waals surface area contributed by atoms with Crippen LogP contribution in [0.25, 0.3) is 21.3 Å². The van der Waals surface area contributed by atoms with Gasteiger partial charge in [0.15, 0.2) is 5.13 Å². The molecule has 5 rings (SSSR count). The first-order valence-electron chi connectivity index (χ1n) is 8.85. The van der Waals surface area contributed by atoms with E-state index >= 15 is 4.39 Å². The molecule has 1 unspecified atom stereocenters. The lowest BCUT2D eigenvalue weighted by Crippen LogP contribution is -2.52. The molecule has 0 aliphatic carbocycles. The Labute approximate surface area is 164 Å².